The third-order valence-electron chi connectivity index (χ3n) is 6.95. The largest absolute Gasteiger partial charge is 0.497 e. The van der Waals surface area contributed by atoms with Crippen molar-refractivity contribution in [1.29, 1.82) is 0 Å². The van der Waals surface area contributed by atoms with Gasteiger partial charge in [-0.2, -0.15) is 0 Å². The summed E-state index contributed by atoms with van der Waals surface area (Å²) in [6.45, 7) is 6.64. The molecule has 0 aliphatic carbocycles. The smallest absolute Gasteiger partial charge is 0.265 e. The molecule has 238 valence electrons. The van der Waals surface area contributed by atoms with Gasteiger partial charge in [-0.3, -0.25) is 13.9 Å². The van der Waals surface area contributed by atoms with Gasteiger partial charge < -0.3 is 29.2 Å². The highest BCUT2D eigenvalue weighted by Gasteiger charge is 2.34. The Morgan fingerprint density at radius 3 is 1.98 bits per heavy atom. The van der Waals surface area contributed by atoms with Crippen molar-refractivity contribution in [3.8, 4) is 23.0 Å². The molecule has 0 saturated carbocycles. The normalized spacial score (nSPS) is 11.8. The molecular formula is C32H41N3O8S. The van der Waals surface area contributed by atoms with E-state index < -0.39 is 28.5 Å². The number of carbonyl (C=O) groups excluding carboxylic acids is 2. The minimum absolute atomic E-state index is 0.0737. The molecule has 3 aromatic carbocycles. The molecule has 0 bridgehead atoms. The summed E-state index contributed by atoms with van der Waals surface area (Å²) in [6.07, 6.45) is 0. The van der Waals surface area contributed by atoms with E-state index in [9.17, 15) is 18.0 Å². The van der Waals surface area contributed by atoms with E-state index in [1.165, 1.54) is 57.6 Å². The zero-order chi connectivity index (χ0) is 32.6. The average molecular weight is 628 g/mol. The molecule has 1 atom stereocenters. The SMILES string of the molecule is COc1ccc(OC)c(N(CC(=O)N(Cc2ccc(C)cc2)C(C)C(=O)NC(C)C)S(=O)(=O)c2ccc(OC)c(OC)c2)c1. The number of sulfonamides is 1. The van der Waals surface area contributed by atoms with Crippen LogP contribution in [0.4, 0.5) is 5.69 Å². The highest BCUT2D eigenvalue weighted by molar-refractivity contribution is 7.92. The van der Waals surface area contributed by atoms with Gasteiger partial charge in [0.1, 0.15) is 24.1 Å². The Morgan fingerprint density at radius 1 is 0.795 bits per heavy atom. The van der Waals surface area contributed by atoms with Gasteiger partial charge in [-0.15, -0.1) is 0 Å². The predicted molar refractivity (Wildman–Crippen MR) is 168 cm³/mol. The number of carbonyl (C=O) groups is 2. The van der Waals surface area contributed by atoms with E-state index in [0.717, 1.165) is 15.4 Å². The Labute approximate surface area is 259 Å². The molecule has 0 radical (unpaired) electrons. The molecule has 0 aliphatic heterocycles. The number of ether oxygens (including phenoxy) is 4. The molecule has 0 aromatic heterocycles. The van der Waals surface area contributed by atoms with Crippen molar-refractivity contribution in [1.82, 2.24) is 10.2 Å². The first-order valence-electron chi connectivity index (χ1n) is 14.0. The molecule has 0 fully saturated rings. The summed E-state index contributed by atoms with van der Waals surface area (Å²) in [6, 6.07) is 15.3. The van der Waals surface area contributed by atoms with Gasteiger partial charge >= 0.3 is 0 Å². The van der Waals surface area contributed by atoms with E-state index in [-0.39, 0.29) is 40.6 Å². The number of methoxy groups -OCH3 is 4. The van der Waals surface area contributed by atoms with E-state index in [2.05, 4.69) is 5.32 Å². The molecule has 2 amide bonds. The summed E-state index contributed by atoms with van der Waals surface area (Å²) in [4.78, 5) is 28.6. The van der Waals surface area contributed by atoms with Crippen molar-refractivity contribution in [2.75, 3.05) is 39.3 Å². The molecule has 1 unspecified atom stereocenters. The number of anilines is 1. The topological polar surface area (TPSA) is 124 Å². The molecular weight excluding hydrogens is 586 g/mol. The first kappa shape index (κ1) is 34.0. The Kier molecular flexibility index (Phi) is 11.5. The second-order valence-electron chi connectivity index (χ2n) is 10.4. The number of benzene rings is 3. The second-order valence-corrected chi connectivity index (χ2v) is 12.3. The molecule has 12 heteroatoms. The van der Waals surface area contributed by atoms with Crippen LogP contribution in [0.15, 0.2) is 65.6 Å². The lowest BCUT2D eigenvalue weighted by atomic mass is 10.1. The average Bonchev–Trinajstić information content (AvgIpc) is 3.01. The van der Waals surface area contributed by atoms with Gasteiger partial charge in [0.15, 0.2) is 11.5 Å². The highest BCUT2D eigenvalue weighted by Crippen LogP contribution is 2.37. The zero-order valence-electron chi connectivity index (χ0n) is 26.4. The maximum Gasteiger partial charge on any atom is 0.265 e. The summed E-state index contributed by atoms with van der Waals surface area (Å²) in [5, 5.41) is 2.84. The molecule has 0 saturated heterocycles. The standard InChI is InChI=1S/C32H41N3O8S/c1-21(2)33-32(37)23(4)34(19-24-11-9-22(3)10-12-24)31(36)20-35(27-17-25(40-5)13-15-28(27)41-6)44(38,39)26-14-16-29(42-7)30(18-26)43-8/h9-18,21,23H,19-20H2,1-8H3,(H,33,37). The third kappa shape index (κ3) is 7.93. The van der Waals surface area contributed by atoms with Crippen LogP contribution in [0, 0.1) is 6.92 Å². The summed E-state index contributed by atoms with van der Waals surface area (Å²) in [5.74, 6) is 0.0969. The van der Waals surface area contributed by atoms with Gasteiger partial charge in [0.05, 0.1) is 39.0 Å². The maximum absolute atomic E-state index is 14.4. The molecule has 3 aromatic rings. The zero-order valence-corrected chi connectivity index (χ0v) is 27.2. The molecule has 0 heterocycles. The number of amides is 2. The number of hydrogen-bond acceptors (Lipinski definition) is 8. The van der Waals surface area contributed by atoms with Crippen molar-refractivity contribution in [2.45, 2.75) is 51.2 Å². The quantitative estimate of drug-likeness (QED) is 0.283. The number of hydrogen-bond donors (Lipinski definition) is 1. The summed E-state index contributed by atoms with van der Waals surface area (Å²) in [7, 11) is 1.26. The van der Waals surface area contributed by atoms with Crippen LogP contribution in [0.3, 0.4) is 0 Å². The fraction of sp³-hybridized carbons (Fsp3) is 0.375. The minimum atomic E-state index is -4.43. The Morgan fingerprint density at radius 2 is 1.41 bits per heavy atom. The molecule has 44 heavy (non-hydrogen) atoms. The fourth-order valence-electron chi connectivity index (χ4n) is 4.49. The molecule has 0 aliphatic rings. The lowest BCUT2D eigenvalue weighted by Crippen LogP contribution is -2.52. The molecule has 0 spiro atoms. The van der Waals surface area contributed by atoms with Crippen LogP contribution < -0.4 is 28.6 Å². The van der Waals surface area contributed by atoms with Crippen molar-refractivity contribution in [2.24, 2.45) is 0 Å². The van der Waals surface area contributed by atoms with Crippen LogP contribution in [-0.4, -0.2) is 72.2 Å². The van der Waals surface area contributed by atoms with Gasteiger partial charge in [0.2, 0.25) is 11.8 Å². The Bertz CT molecular complexity index is 1560. The van der Waals surface area contributed by atoms with Crippen molar-refractivity contribution < 1.29 is 37.0 Å². The number of nitrogens with one attached hydrogen (secondary N) is 1. The van der Waals surface area contributed by atoms with Crippen molar-refractivity contribution >= 4 is 27.5 Å². The maximum atomic E-state index is 14.4. The first-order chi connectivity index (χ1) is 20.9. The van der Waals surface area contributed by atoms with Crippen LogP contribution in [0.1, 0.15) is 31.9 Å². The van der Waals surface area contributed by atoms with Crippen LogP contribution in [-0.2, 0) is 26.2 Å². The van der Waals surface area contributed by atoms with Crippen molar-refractivity contribution in [3.05, 3.63) is 71.8 Å². The van der Waals surface area contributed by atoms with Crippen LogP contribution in [0.2, 0.25) is 0 Å². The summed E-state index contributed by atoms with van der Waals surface area (Å²) in [5.41, 5.74) is 1.89. The lowest BCUT2D eigenvalue weighted by molar-refractivity contribution is -0.139. The molecule has 1 N–H and O–H groups in total. The van der Waals surface area contributed by atoms with E-state index in [0.29, 0.717) is 11.5 Å². The number of nitrogens with zero attached hydrogens (tertiary/aromatic N) is 2. The van der Waals surface area contributed by atoms with Crippen LogP contribution >= 0.6 is 0 Å². The summed E-state index contributed by atoms with van der Waals surface area (Å²) < 4.78 is 51.2. The first-order valence-corrected chi connectivity index (χ1v) is 15.4. The third-order valence-corrected chi connectivity index (χ3v) is 8.70. The van der Waals surface area contributed by atoms with E-state index in [4.69, 9.17) is 18.9 Å². The van der Waals surface area contributed by atoms with E-state index in [1.807, 2.05) is 45.0 Å². The number of aryl methyl sites for hydroxylation is 1. The lowest BCUT2D eigenvalue weighted by Gasteiger charge is -2.32. The Hall–Kier alpha value is -4.45. The molecule has 3 rings (SSSR count). The van der Waals surface area contributed by atoms with Gasteiger partial charge in [-0.1, -0.05) is 29.8 Å². The second kappa shape index (κ2) is 14.8. The summed E-state index contributed by atoms with van der Waals surface area (Å²) >= 11 is 0. The molecule has 11 nitrogen and oxygen atoms in total. The van der Waals surface area contributed by atoms with Gasteiger partial charge in [0.25, 0.3) is 10.0 Å². The van der Waals surface area contributed by atoms with E-state index >= 15 is 0 Å². The monoisotopic (exact) mass is 627 g/mol. The van der Waals surface area contributed by atoms with Gasteiger partial charge in [-0.25, -0.2) is 8.42 Å². The van der Waals surface area contributed by atoms with Gasteiger partial charge in [-0.05, 0) is 57.5 Å². The fourth-order valence-corrected chi connectivity index (χ4v) is 5.92. The number of rotatable bonds is 14. The minimum Gasteiger partial charge on any atom is -0.497 e. The van der Waals surface area contributed by atoms with Crippen LogP contribution in [0.25, 0.3) is 0 Å². The predicted octanol–water partition coefficient (Wildman–Crippen LogP) is 4.17. The van der Waals surface area contributed by atoms with Crippen molar-refractivity contribution in [3.63, 3.8) is 0 Å². The highest BCUT2D eigenvalue weighted by atomic mass is 32.2. The van der Waals surface area contributed by atoms with Gasteiger partial charge in [0, 0.05) is 24.7 Å². The van der Waals surface area contributed by atoms with E-state index in [1.54, 1.807) is 19.1 Å². The van der Waals surface area contributed by atoms with Crippen LogP contribution in [0.5, 0.6) is 23.0 Å². The Balaban J connectivity index is 2.17.